The van der Waals surface area contributed by atoms with E-state index >= 15 is 0 Å². The van der Waals surface area contributed by atoms with Crippen molar-refractivity contribution in [2.45, 2.75) is 77.6 Å². The molecule has 4 heteroatoms. The molecule has 1 aliphatic rings. The first-order valence-electron chi connectivity index (χ1n) is 12.0. The Bertz CT molecular complexity index is 1130. The predicted molar refractivity (Wildman–Crippen MR) is 140 cm³/mol. The molecule has 0 N–H and O–H groups in total. The van der Waals surface area contributed by atoms with Gasteiger partial charge in [0.25, 0.3) is 0 Å². The molecule has 0 saturated heterocycles. The first-order chi connectivity index (χ1) is 15.1. The van der Waals surface area contributed by atoms with Crippen LogP contribution in [0.3, 0.4) is 0 Å². The summed E-state index contributed by atoms with van der Waals surface area (Å²) in [4.78, 5) is 4.92. The number of aliphatic imine (C=N–C) groups is 1. The van der Waals surface area contributed by atoms with Gasteiger partial charge in [-0.05, 0) is 54.1 Å². The van der Waals surface area contributed by atoms with Crippen molar-refractivity contribution in [3.63, 3.8) is 0 Å². The standard InChI is InChI=1S/C28H38N2OSi/c1-19(2)32(20(3)4,21(5)6)30-25-16-12-9-13-22(25)17-26(30)23-14-10-11-15-24(23)27-29-28(7,8)18-31-27/h9-17,19-21H,18H2,1-8H3. The maximum Gasteiger partial charge on any atom is 0.217 e. The summed E-state index contributed by atoms with van der Waals surface area (Å²) in [7, 11) is -2.00. The Balaban J connectivity index is 2.08. The number of fused-ring (bicyclic) bond motifs is 1. The van der Waals surface area contributed by atoms with Gasteiger partial charge in [0.05, 0.1) is 5.54 Å². The molecule has 1 aliphatic heterocycles. The van der Waals surface area contributed by atoms with Crippen molar-refractivity contribution in [1.29, 1.82) is 0 Å². The van der Waals surface area contributed by atoms with Crippen LogP contribution in [0.2, 0.25) is 16.6 Å². The number of hydrogen-bond donors (Lipinski definition) is 0. The molecular formula is C28H38N2OSi. The number of para-hydroxylation sites is 1. The zero-order chi connectivity index (χ0) is 23.3. The van der Waals surface area contributed by atoms with Crippen molar-refractivity contribution < 1.29 is 4.74 Å². The molecule has 0 spiro atoms. The largest absolute Gasteiger partial charge is 0.475 e. The average Bonchev–Trinajstić information content (AvgIpc) is 3.28. The fourth-order valence-electron chi connectivity index (χ4n) is 6.16. The molecule has 0 saturated carbocycles. The van der Waals surface area contributed by atoms with E-state index in [1.807, 2.05) is 0 Å². The molecule has 2 heterocycles. The lowest BCUT2D eigenvalue weighted by atomic mass is 10.0. The van der Waals surface area contributed by atoms with E-state index in [-0.39, 0.29) is 5.54 Å². The highest BCUT2D eigenvalue weighted by Gasteiger charge is 2.47. The van der Waals surface area contributed by atoms with Gasteiger partial charge in [0.1, 0.15) is 6.61 Å². The Morgan fingerprint density at radius 3 is 1.97 bits per heavy atom. The van der Waals surface area contributed by atoms with Crippen LogP contribution in [0, 0.1) is 0 Å². The van der Waals surface area contributed by atoms with Crippen molar-refractivity contribution in [2.75, 3.05) is 6.61 Å². The van der Waals surface area contributed by atoms with Crippen molar-refractivity contribution in [3.05, 3.63) is 60.2 Å². The van der Waals surface area contributed by atoms with Gasteiger partial charge >= 0.3 is 0 Å². The van der Waals surface area contributed by atoms with Gasteiger partial charge < -0.3 is 8.97 Å². The maximum atomic E-state index is 6.11. The van der Waals surface area contributed by atoms with Gasteiger partial charge in [0.2, 0.25) is 5.90 Å². The first-order valence-corrected chi connectivity index (χ1v) is 14.2. The van der Waals surface area contributed by atoms with Gasteiger partial charge in [0, 0.05) is 22.3 Å². The molecule has 0 aliphatic carbocycles. The van der Waals surface area contributed by atoms with Gasteiger partial charge in [0.15, 0.2) is 8.24 Å². The Labute approximate surface area is 194 Å². The van der Waals surface area contributed by atoms with Crippen LogP contribution in [0.4, 0.5) is 0 Å². The Kier molecular flexibility index (Phi) is 5.87. The Hall–Kier alpha value is -2.33. The molecule has 0 atom stereocenters. The van der Waals surface area contributed by atoms with E-state index in [9.17, 15) is 0 Å². The first kappa shape index (κ1) is 22.8. The van der Waals surface area contributed by atoms with E-state index in [1.165, 1.54) is 22.2 Å². The second-order valence-electron chi connectivity index (χ2n) is 10.8. The zero-order valence-corrected chi connectivity index (χ0v) is 21.9. The van der Waals surface area contributed by atoms with Crippen LogP contribution in [0.15, 0.2) is 59.6 Å². The van der Waals surface area contributed by atoms with E-state index in [0.29, 0.717) is 23.2 Å². The van der Waals surface area contributed by atoms with Crippen LogP contribution >= 0.6 is 0 Å². The van der Waals surface area contributed by atoms with Gasteiger partial charge in [-0.25, -0.2) is 4.99 Å². The number of rotatable bonds is 6. The van der Waals surface area contributed by atoms with Crippen LogP contribution in [0.1, 0.15) is 61.0 Å². The lowest BCUT2D eigenvalue weighted by molar-refractivity contribution is 0.279. The van der Waals surface area contributed by atoms with Gasteiger partial charge in [-0.1, -0.05) is 77.9 Å². The topological polar surface area (TPSA) is 26.5 Å². The summed E-state index contributed by atoms with van der Waals surface area (Å²) < 4.78 is 8.89. The summed E-state index contributed by atoms with van der Waals surface area (Å²) in [6.45, 7) is 19.5. The van der Waals surface area contributed by atoms with Crippen molar-refractivity contribution in [1.82, 2.24) is 4.23 Å². The summed E-state index contributed by atoms with van der Waals surface area (Å²) in [5.74, 6) is 0.772. The van der Waals surface area contributed by atoms with Gasteiger partial charge in [-0.2, -0.15) is 0 Å². The summed E-state index contributed by atoms with van der Waals surface area (Å²) in [6.07, 6.45) is 0. The quantitative estimate of drug-likeness (QED) is 0.354. The average molecular weight is 447 g/mol. The van der Waals surface area contributed by atoms with E-state index in [4.69, 9.17) is 9.73 Å². The normalized spacial score (nSPS) is 16.3. The summed E-state index contributed by atoms with van der Waals surface area (Å²) in [5, 5.41) is 1.31. The third-order valence-electron chi connectivity index (χ3n) is 7.27. The van der Waals surface area contributed by atoms with Crippen LogP contribution in [-0.2, 0) is 4.74 Å². The minimum absolute atomic E-state index is 0.179. The minimum atomic E-state index is -2.00. The highest BCUT2D eigenvalue weighted by molar-refractivity contribution is 6.83. The Morgan fingerprint density at radius 2 is 1.41 bits per heavy atom. The summed E-state index contributed by atoms with van der Waals surface area (Å²) >= 11 is 0. The lowest BCUT2D eigenvalue weighted by Gasteiger charge is -2.45. The van der Waals surface area contributed by atoms with Crippen molar-refractivity contribution in [2.24, 2.45) is 4.99 Å². The third kappa shape index (κ3) is 3.53. The smallest absolute Gasteiger partial charge is 0.217 e. The van der Waals surface area contributed by atoms with Gasteiger partial charge in [-0.3, -0.25) is 0 Å². The number of hydrogen-bond acceptors (Lipinski definition) is 2. The molecule has 0 amide bonds. The highest BCUT2D eigenvalue weighted by Crippen LogP contribution is 2.47. The molecule has 3 nitrogen and oxygen atoms in total. The maximum absolute atomic E-state index is 6.11. The van der Waals surface area contributed by atoms with E-state index < -0.39 is 8.24 Å². The molecule has 0 radical (unpaired) electrons. The third-order valence-corrected chi connectivity index (χ3v) is 14.1. The molecule has 3 aromatic rings. The minimum Gasteiger partial charge on any atom is -0.475 e. The van der Waals surface area contributed by atoms with Crippen molar-refractivity contribution in [3.8, 4) is 11.3 Å². The second-order valence-corrected chi connectivity index (χ2v) is 16.5. The number of ether oxygens (including phenoxy) is 1. The number of benzene rings is 2. The highest BCUT2D eigenvalue weighted by atomic mass is 28.3. The van der Waals surface area contributed by atoms with E-state index in [0.717, 1.165) is 11.5 Å². The molecule has 4 rings (SSSR count). The van der Waals surface area contributed by atoms with Crippen LogP contribution in [0.5, 0.6) is 0 Å². The second kappa shape index (κ2) is 8.22. The summed E-state index contributed by atoms with van der Waals surface area (Å²) in [6, 6.07) is 19.9. The molecule has 0 fully saturated rings. The van der Waals surface area contributed by atoms with Crippen LogP contribution < -0.4 is 0 Å². The predicted octanol–water partition coefficient (Wildman–Crippen LogP) is 7.89. The van der Waals surface area contributed by atoms with E-state index in [1.54, 1.807) is 0 Å². The molecule has 0 bridgehead atoms. The zero-order valence-electron chi connectivity index (χ0n) is 20.9. The fourth-order valence-corrected chi connectivity index (χ4v) is 12.9. The fraction of sp³-hybridized carbons (Fsp3) is 0.464. The molecule has 32 heavy (non-hydrogen) atoms. The SMILES string of the molecule is CC(C)[Si](C(C)C)(C(C)C)n1c(-c2ccccc2C2=NC(C)(C)CO2)cc2ccccc21. The van der Waals surface area contributed by atoms with Crippen LogP contribution in [0.25, 0.3) is 22.2 Å². The number of aromatic nitrogens is 1. The summed E-state index contributed by atoms with van der Waals surface area (Å²) in [5.41, 5.74) is 6.60. The van der Waals surface area contributed by atoms with Crippen molar-refractivity contribution >= 4 is 25.0 Å². The van der Waals surface area contributed by atoms with E-state index in [2.05, 4.69) is 114 Å². The monoisotopic (exact) mass is 446 g/mol. The molecule has 2 aromatic carbocycles. The molecule has 1 aromatic heterocycles. The number of nitrogens with zero attached hydrogens (tertiary/aromatic N) is 2. The molecule has 170 valence electrons. The van der Waals surface area contributed by atoms with Crippen LogP contribution in [-0.4, -0.2) is 30.5 Å². The molecule has 0 unspecified atom stereocenters. The van der Waals surface area contributed by atoms with Gasteiger partial charge in [-0.15, -0.1) is 0 Å². The lowest BCUT2D eigenvalue weighted by Crippen LogP contribution is -2.52. The molecular weight excluding hydrogens is 408 g/mol. The Morgan fingerprint density at radius 1 is 0.844 bits per heavy atom.